The summed E-state index contributed by atoms with van der Waals surface area (Å²) in [6.07, 6.45) is 1.82. The number of hydrogen-bond donors (Lipinski definition) is 0. The maximum atomic E-state index is 12.5. The highest BCUT2D eigenvalue weighted by Gasteiger charge is 2.18. The second-order valence-corrected chi connectivity index (χ2v) is 7.27. The van der Waals surface area contributed by atoms with Crippen LogP contribution < -0.4 is 10.3 Å². The lowest BCUT2D eigenvalue weighted by Crippen LogP contribution is -2.40. The van der Waals surface area contributed by atoms with Crippen molar-refractivity contribution in [2.75, 3.05) is 31.2 Å². The molecule has 126 valence electrons. The highest BCUT2D eigenvalue weighted by atomic mass is 32.2. The van der Waals surface area contributed by atoms with Crippen molar-refractivity contribution < 1.29 is 9.53 Å². The zero-order valence-electron chi connectivity index (χ0n) is 13.4. The SMILES string of the molecule is O=C(COc1ccc2nc3n(c(=O)c2c1)CCC3)N1CCSCC1. The molecular formula is C17H19N3O3S. The number of aryl methyl sites for hydroxylation is 1. The van der Waals surface area contributed by atoms with Gasteiger partial charge in [0, 0.05) is 37.6 Å². The topological polar surface area (TPSA) is 64.4 Å². The summed E-state index contributed by atoms with van der Waals surface area (Å²) in [6.45, 7) is 2.30. The summed E-state index contributed by atoms with van der Waals surface area (Å²) in [6, 6.07) is 5.28. The lowest BCUT2D eigenvalue weighted by Gasteiger charge is -2.26. The summed E-state index contributed by atoms with van der Waals surface area (Å²) in [7, 11) is 0. The first-order valence-electron chi connectivity index (χ1n) is 8.24. The van der Waals surface area contributed by atoms with E-state index in [0.29, 0.717) is 16.7 Å². The van der Waals surface area contributed by atoms with E-state index < -0.39 is 0 Å². The minimum absolute atomic E-state index is 0.000743. The van der Waals surface area contributed by atoms with Crippen LogP contribution in [0.3, 0.4) is 0 Å². The summed E-state index contributed by atoms with van der Waals surface area (Å²) in [5.41, 5.74) is 0.678. The van der Waals surface area contributed by atoms with E-state index in [1.54, 1.807) is 22.8 Å². The monoisotopic (exact) mass is 345 g/mol. The molecule has 0 saturated carbocycles. The van der Waals surface area contributed by atoms with Crippen LogP contribution in [-0.4, -0.2) is 51.6 Å². The molecule has 0 atom stereocenters. The number of ether oxygens (including phenoxy) is 1. The number of rotatable bonds is 3. The van der Waals surface area contributed by atoms with E-state index in [1.165, 1.54) is 0 Å². The molecule has 0 bridgehead atoms. The first-order valence-corrected chi connectivity index (χ1v) is 9.39. The van der Waals surface area contributed by atoms with Gasteiger partial charge in [-0.15, -0.1) is 0 Å². The third kappa shape index (κ3) is 2.88. The van der Waals surface area contributed by atoms with Crippen LogP contribution >= 0.6 is 11.8 Å². The number of thioether (sulfide) groups is 1. The number of nitrogens with zero attached hydrogens (tertiary/aromatic N) is 3. The first kappa shape index (κ1) is 15.5. The van der Waals surface area contributed by atoms with Gasteiger partial charge in [0.2, 0.25) is 0 Å². The second kappa shape index (κ2) is 6.47. The fourth-order valence-electron chi connectivity index (χ4n) is 3.20. The number of benzene rings is 1. The Bertz CT molecular complexity index is 843. The lowest BCUT2D eigenvalue weighted by molar-refractivity contribution is -0.132. The molecule has 2 aliphatic heterocycles. The molecule has 3 heterocycles. The van der Waals surface area contributed by atoms with Crippen molar-refractivity contribution in [2.24, 2.45) is 0 Å². The van der Waals surface area contributed by atoms with Crippen LogP contribution in [0.15, 0.2) is 23.0 Å². The summed E-state index contributed by atoms with van der Waals surface area (Å²) < 4.78 is 7.37. The smallest absolute Gasteiger partial charge is 0.261 e. The molecule has 0 aliphatic carbocycles. The van der Waals surface area contributed by atoms with Crippen molar-refractivity contribution >= 4 is 28.6 Å². The summed E-state index contributed by atoms with van der Waals surface area (Å²) in [5, 5.41) is 0.556. The molecule has 1 fully saturated rings. The highest BCUT2D eigenvalue weighted by molar-refractivity contribution is 7.99. The number of carbonyl (C=O) groups is 1. The minimum Gasteiger partial charge on any atom is -0.484 e. The van der Waals surface area contributed by atoms with E-state index in [4.69, 9.17) is 4.74 Å². The Morgan fingerprint density at radius 1 is 1.25 bits per heavy atom. The van der Waals surface area contributed by atoms with Gasteiger partial charge in [0.25, 0.3) is 11.5 Å². The number of carbonyl (C=O) groups excluding carboxylic acids is 1. The Morgan fingerprint density at radius 3 is 2.92 bits per heavy atom. The second-order valence-electron chi connectivity index (χ2n) is 6.05. The Labute approximate surface area is 143 Å². The zero-order valence-corrected chi connectivity index (χ0v) is 14.2. The van der Waals surface area contributed by atoms with Crippen molar-refractivity contribution in [1.82, 2.24) is 14.5 Å². The number of fused-ring (bicyclic) bond motifs is 2. The van der Waals surface area contributed by atoms with Crippen LogP contribution in [0, 0.1) is 0 Å². The highest BCUT2D eigenvalue weighted by Crippen LogP contribution is 2.20. The minimum atomic E-state index is -0.0164. The molecule has 0 unspecified atom stereocenters. The van der Waals surface area contributed by atoms with E-state index in [0.717, 1.165) is 49.8 Å². The molecule has 0 N–H and O–H groups in total. The first-order chi connectivity index (χ1) is 11.7. The normalized spacial score (nSPS) is 17.1. The van der Waals surface area contributed by atoms with Crippen LogP contribution in [0.25, 0.3) is 10.9 Å². The average Bonchev–Trinajstić information content (AvgIpc) is 3.09. The van der Waals surface area contributed by atoms with Gasteiger partial charge in [0.1, 0.15) is 11.6 Å². The van der Waals surface area contributed by atoms with Gasteiger partial charge in [0.05, 0.1) is 10.9 Å². The molecule has 0 radical (unpaired) electrons. The Kier molecular flexibility index (Phi) is 4.18. The standard InChI is InChI=1S/C17H19N3O3S/c21-16(19-6-8-24-9-7-19)11-23-12-3-4-14-13(10-12)17(22)20-5-1-2-15(20)18-14/h3-4,10H,1-2,5-9,11H2. The van der Waals surface area contributed by atoms with Crippen LogP contribution in [-0.2, 0) is 17.8 Å². The molecule has 1 saturated heterocycles. The van der Waals surface area contributed by atoms with Gasteiger partial charge in [-0.1, -0.05) is 0 Å². The van der Waals surface area contributed by atoms with Crippen LogP contribution in [0.5, 0.6) is 5.75 Å². The van der Waals surface area contributed by atoms with Crippen molar-refractivity contribution in [1.29, 1.82) is 0 Å². The predicted molar refractivity (Wildman–Crippen MR) is 93.7 cm³/mol. The van der Waals surface area contributed by atoms with Gasteiger partial charge in [-0.05, 0) is 24.6 Å². The molecule has 24 heavy (non-hydrogen) atoms. The number of amides is 1. The maximum absolute atomic E-state index is 12.5. The van der Waals surface area contributed by atoms with Crippen LogP contribution in [0.1, 0.15) is 12.2 Å². The quantitative estimate of drug-likeness (QED) is 0.839. The van der Waals surface area contributed by atoms with Gasteiger partial charge >= 0.3 is 0 Å². The van der Waals surface area contributed by atoms with E-state index in [1.807, 2.05) is 16.7 Å². The summed E-state index contributed by atoms with van der Waals surface area (Å²) >= 11 is 1.86. The average molecular weight is 345 g/mol. The largest absolute Gasteiger partial charge is 0.484 e. The molecule has 1 amide bonds. The van der Waals surface area contributed by atoms with Gasteiger partial charge in [-0.25, -0.2) is 4.98 Å². The van der Waals surface area contributed by atoms with Gasteiger partial charge < -0.3 is 9.64 Å². The van der Waals surface area contributed by atoms with Gasteiger partial charge in [0.15, 0.2) is 6.61 Å². The van der Waals surface area contributed by atoms with Crippen molar-refractivity contribution in [3.63, 3.8) is 0 Å². The molecule has 1 aromatic carbocycles. The molecule has 2 aliphatic rings. The van der Waals surface area contributed by atoms with Crippen LogP contribution in [0.4, 0.5) is 0 Å². The number of aromatic nitrogens is 2. The van der Waals surface area contributed by atoms with Crippen molar-refractivity contribution in [2.45, 2.75) is 19.4 Å². The van der Waals surface area contributed by atoms with Crippen molar-refractivity contribution in [3.05, 3.63) is 34.4 Å². The fourth-order valence-corrected chi connectivity index (χ4v) is 4.10. The molecule has 2 aromatic rings. The van der Waals surface area contributed by atoms with E-state index in [-0.39, 0.29) is 18.1 Å². The molecular weight excluding hydrogens is 326 g/mol. The Hall–Kier alpha value is -2.02. The predicted octanol–water partition coefficient (Wildman–Crippen LogP) is 1.30. The molecule has 6 nitrogen and oxygen atoms in total. The van der Waals surface area contributed by atoms with Crippen molar-refractivity contribution in [3.8, 4) is 5.75 Å². The number of hydrogen-bond acceptors (Lipinski definition) is 5. The van der Waals surface area contributed by atoms with E-state index >= 15 is 0 Å². The maximum Gasteiger partial charge on any atom is 0.261 e. The molecule has 7 heteroatoms. The van der Waals surface area contributed by atoms with Gasteiger partial charge in [-0.2, -0.15) is 11.8 Å². The molecule has 0 spiro atoms. The van der Waals surface area contributed by atoms with Crippen LogP contribution in [0.2, 0.25) is 0 Å². The Balaban J connectivity index is 1.53. The lowest BCUT2D eigenvalue weighted by atomic mass is 10.2. The fraction of sp³-hybridized carbons (Fsp3) is 0.471. The third-order valence-electron chi connectivity index (χ3n) is 4.51. The summed E-state index contributed by atoms with van der Waals surface area (Å²) in [4.78, 5) is 31.1. The third-order valence-corrected chi connectivity index (χ3v) is 5.46. The Morgan fingerprint density at radius 2 is 2.08 bits per heavy atom. The zero-order chi connectivity index (χ0) is 16.5. The molecule has 4 rings (SSSR count). The summed E-state index contributed by atoms with van der Waals surface area (Å²) in [5.74, 6) is 3.36. The molecule has 1 aromatic heterocycles. The van der Waals surface area contributed by atoms with E-state index in [2.05, 4.69) is 4.98 Å². The van der Waals surface area contributed by atoms with E-state index in [9.17, 15) is 9.59 Å². The van der Waals surface area contributed by atoms with Gasteiger partial charge in [-0.3, -0.25) is 14.2 Å².